The largest absolute Gasteiger partial charge is 0.0901 e. The first-order valence-electron chi connectivity index (χ1n) is 8.89. The molecule has 29 heavy (non-hydrogen) atoms. The van der Waals surface area contributed by atoms with Gasteiger partial charge in [0.2, 0.25) is 0 Å². The molecule has 0 bridgehead atoms. The lowest BCUT2D eigenvalue weighted by Crippen LogP contribution is -1.78. The van der Waals surface area contributed by atoms with Crippen LogP contribution in [0.15, 0.2) is 135 Å². The summed E-state index contributed by atoms with van der Waals surface area (Å²) in [5.41, 5.74) is 0. The van der Waals surface area contributed by atoms with Crippen molar-refractivity contribution in [3.8, 4) is 0 Å². The molecule has 0 heterocycles. The molecule has 4 rings (SSSR count). The second-order valence-electron chi connectivity index (χ2n) is 6.16. The predicted octanol–water partition coefficient (Wildman–Crippen LogP) is 9.67. The summed E-state index contributed by atoms with van der Waals surface area (Å²) in [6.07, 6.45) is 0. The summed E-state index contributed by atoms with van der Waals surface area (Å²) in [6, 6.07) is 34.3. The monoisotopic (exact) mass is 558 g/mol. The smallest absolute Gasteiger partial charge is 0.0176 e. The molecule has 0 aliphatic heterocycles. The number of benzene rings is 4. The summed E-state index contributed by atoms with van der Waals surface area (Å²) in [7, 11) is 0. The van der Waals surface area contributed by atoms with Crippen molar-refractivity contribution in [3.63, 3.8) is 0 Å². The van der Waals surface area contributed by atoms with E-state index in [-0.39, 0.29) is 0 Å². The highest BCUT2D eigenvalue weighted by molar-refractivity contribution is 9.10. The van der Waals surface area contributed by atoms with Crippen LogP contribution in [0.2, 0.25) is 0 Å². The summed E-state index contributed by atoms with van der Waals surface area (Å²) in [6.45, 7) is 0. The molecule has 0 fully saturated rings. The van der Waals surface area contributed by atoms with Gasteiger partial charge in [0.15, 0.2) is 0 Å². The molecule has 0 aliphatic rings. The third kappa shape index (κ3) is 6.43. The summed E-state index contributed by atoms with van der Waals surface area (Å²) in [5.74, 6) is 0. The fourth-order valence-electron chi connectivity index (χ4n) is 2.56. The molecule has 144 valence electrons. The Balaban J connectivity index is 1.36. The molecule has 0 atom stereocenters. The first-order valence-corrected chi connectivity index (χ1v) is 12.9. The molecule has 0 nitrogen and oxygen atoms in total. The molecule has 4 aromatic rings. The van der Waals surface area contributed by atoms with Gasteiger partial charge >= 0.3 is 0 Å². The number of hydrogen-bond acceptors (Lipinski definition) is 3. The van der Waals surface area contributed by atoms with Crippen LogP contribution >= 0.6 is 67.1 Å². The summed E-state index contributed by atoms with van der Waals surface area (Å²) in [4.78, 5) is 7.48. The topological polar surface area (TPSA) is 0 Å². The van der Waals surface area contributed by atoms with Gasteiger partial charge in [0.25, 0.3) is 0 Å². The van der Waals surface area contributed by atoms with Crippen LogP contribution in [0.1, 0.15) is 0 Å². The first-order chi connectivity index (χ1) is 14.1. The average molecular weight is 560 g/mol. The predicted molar refractivity (Wildman–Crippen MR) is 134 cm³/mol. The van der Waals surface area contributed by atoms with E-state index < -0.39 is 0 Å². The van der Waals surface area contributed by atoms with Crippen LogP contribution in [0.3, 0.4) is 0 Å². The lowest BCUT2D eigenvalue weighted by molar-refractivity contribution is 1.31. The number of halogens is 2. The molecule has 0 saturated carbocycles. The third-order valence-corrected chi connectivity index (χ3v) is 8.09. The van der Waals surface area contributed by atoms with Crippen LogP contribution < -0.4 is 0 Å². The molecular weight excluding hydrogens is 544 g/mol. The quantitative estimate of drug-likeness (QED) is 0.231. The minimum Gasteiger partial charge on any atom is -0.0901 e. The van der Waals surface area contributed by atoms with E-state index in [9.17, 15) is 0 Å². The molecule has 0 aromatic heterocycles. The van der Waals surface area contributed by atoms with Crippen LogP contribution in [0.5, 0.6) is 0 Å². The van der Waals surface area contributed by atoms with Crippen molar-refractivity contribution in [3.05, 3.63) is 106 Å². The Morgan fingerprint density at radius 2 is 0.483 bits per heavy atom. The minimum atomic E-state index is 1.11. The zero-order valence-electron chi connectivity index (χ0n) is 15.2. The van der Waals surface area contributed by atoms with Gasteiger partial charge in [-0.05, 0) is 97.1 Å². The van der Waals surface area contributed by atoms with E-state index in [0.29, 0.717) is 0 Å². The Labute approximate surface area is 201 Å². The van der Waals surface area contributed by atoms with Crippen molar-refractivity contribution in [2.75, 3.05) is 0 Å². The zero-order valence-corrected chi connectivity index (χ0v) is 20.8. The Bertz CT molecular complexity index is 970. The van der Waals surface area contributed by atoms with Crippen LogP contribution in [0, 0.1) is 0 Å². The lowest BCUT2D eigenvalue weighted by Gasteiger charge is -2.06. The molecule has 5 heteroatoms. The van der Waals surface area contributed by atoms with Gasteiger partial charge < -0.3 is 0 Å². The zero-order chi connectivity index (χ0) is 20.1. The van der Waals surface area contributed by atoms with Crippen molar-refractivity contribution in [2.24, 2.45) is 0 Å². The second kappa shape index (κ2) is 10.3. The maximum Gasteiger partial charge on any atom is 0.0176 e. The van der Waals surface area contributed by atoms with Gasteiger partial charge in [-0.25, -0.2) is 0 Å². The van der Waals surface area contributed by atoms with Gasteiger partial charge in [0.1, 0.15) is 0 Å². The highest BCUT2D eigenvalue weighted by Gasteiger charge is 2.02. The van der Waals surface area contributed by atoms with Crippen LogP contribution in [0.4, 0.5) is 0 Å². The maximum atomic E-state index is 3.48. The Morgan fingerprint density at radius 1 is 0.310 bits per heavy atom. The van der Waals surface area contributed by atoms with Crippen molar-refractivity contribution in [2.45, 2.75) is 29.4 Å². The summed E-state index contributed by atoms with van der Waals surface area (Å²) in [5, 5.41) is 0. The summed E-state index contributed by atoms with van der Waals surface area (Å²) >= 11 is 12.3. The van der Waals surface area contributed by atoms with Crippen LogP contribution in [0.25, 0.3) is 0 Å². The number of rotatable bonds is 6. The summed E-state index contributed by atoms with van der Waals surface area (Å²) < 4.78 is 2.21. The molecule has 0 aliphatic carbocycles. The van der Waals surface area contributed by atoms with Gasteiger partial charge in [-0.1, -0.05) is 67.1 Å². The van der Waals surface area contributed by atoms with E-state index in [0.717, 1.165) is 8.95 Å². The van der Waals surface area contributed by atoms with E-state index in [2.05, 4.69) is 129 Å². The Hall–Kier alpha value is -1.11. The molecule has 0 N–H and O–H groups in total. The lowest BCUT2D eigenvalue weighted by atomic mass is 10.4. The van der Waals surface area contributed by atoms with Crippen molar-refractivity contribution in [1.82, 2.24) is 0 Å². The molecule has 0 radical (unpaired) electrons. The first kappa shape index (κ1) is 21.1. The highest BCUT2D eigenvalue weighted by Crippen LogP contribution is 2.34. The van der Waals surface area contributed by atoms with E-state index in [1.54, 1.807) is 35.3 Å². The Kier molecular flexibility index (Phi) is 7.49. The van der Waals surface area contributed by atoms with Gasteiger partial charge in [-0.3, -0.25) is 0 Å². The van der Waals surface area contributed by atoms with Gasteiger partial charge in [0.05, 0.1) is 0 Å². The molecule has 0 spiro atoms. The van der Waals surface area contributed by atoms with Crippen LogP contribution in [-0.2, 0) is 0 Å². The average Bonchev–Trinajstić information content (AvgIpc) is 2.74. The highest BCUT2D eigenvalue weighted by atomic mass is 79.9. The fraction of sp³-hybridized carbons (Fsp3) is 0. The van der Waals surface area contributed by atoms with E-state index in [1.807, 2.05) is 0 Å². The third-order valence-electron chi connectivity index (χ3n) is 3.98. The molecule has 0 amide bonds. The van der Waals surface area contributed by atoms with Crippen molar-refractivity contribution < 1.29 is 0 Å². The maximum absolute atomic E-state index is 3.48. The van der Waals surface area contributed by atoms with Gasteiger partial charge in [-0.2, -0.15) is 0 Å². The van der Waals surface area contributed by atoms with E-state index in [4.69, 9.17) is 0 Å². The Morgan fingerprint density at radius 3 is 0.690 bits per heavy atom. The molecule has 4 aromatic carbocycles. The van der Waals surface area contributed by atoms with Crippen LogP contribution in [-0.4, -0.2) is 0 Å². The minimum absolute atomic E-state index is 1.11. The van der Waals surface area contributed by atoms with Crippen molar-refractivity contribution in [1.29, 1.82) is 0 Å². The fourth-order valence-corrected chi connectivity index (χ4v) is 5.54. The normalized spacial score (nSPS) is 10.8. The molecule has 0 saturated heterocycles. The van der Waals surface area contributed by atoms with E-state index in [1.165, 1.54) is 29.4 Å². The SMILES string of the molecule is Brc1ccc(Sc2ccc(Sc3ccc(Sc4ccc(Br)cc4)cc3)cc2)cc1. The van der Waals surface area contributed by atoms with Gasteiger partial charge in [0, 0.05) is 38.3 Å². The molecular formula is C24H16Br2S3. The second-order valence-corrected chi connectivity index (χ2v) is 11.4. The standard InChI is InChI=1S/C24H16Br2S3/c25-17-1-5-19(6-2-17)27-21-9-13-23(14-10-21)29-24-15-11-22(12-16-24)28-20-7-3-18(26)4-8-20/h1-16H. The number of hydrogen-bond donors (Lipinski definition) is 0. The van der Waals surface area contributed by atoms with Gasteiger partial charge in [-0.15, -0.1) is 0 Å². The van der Waals surface area contributed by atoms with Crippen molar-refractivity contribution >= 4 is 67.1 Å². The molecule has 0 unspecified atom stereocenters. The van der Waals surface area contributed by atoms with E-state index >= 15 is 0 Å².